The van der Waals surface area contributed by atoms with Crippen molar-refractivity contribution in [2.45, 2.75) is 25.4 Å². The Hall–Kier alpha value is -2.81. The van der Waals surface area contributed by atoms with Gasteiger partial charge in [0.05, 0.1) is 29.8 Å². The Morgan fingerprint density at radius 3 is 2.31 bits per heavy atom. The summed E-state index contributed by atoms with van der Waals surface area (Å²) in [4.78, 5) is 23.6. The number of carbonyl (C=O) groups is 1. The molecule has 0 aliphatic carbocycles. The van der Waals surface area contributed by atoms with Gasteiger partial charge in [0.15, 0.2) is 0 Å². The second-order valence-corrected chi connectivity index (χ2v) is 6.61. The van der Waals surface area contributed by atoms with Gasteiger partial charge in [-0.05, 0) is 32.0 Å². The molecule has 0 aliphatic rings. The summed E-state index contributed by atoms with van der Waals surface area (Å²) in [5.74, 6) is -0.759. The van der Waals surface area contributed by atoms with E-state index in [-0.39, 0.29) is 28.5 Å². The first-order chi connectivity index (χ1) is 13.5. The zero-order valence-corrected chi connectivity index (χ0v) is 16.4. The van der Waals surface area contributed by atoms with Gasteiger partial charge in [0, 0.05) is 16.7 Å². The summed E-state index contributed by atoms with van der Waals surface area (Å²) in [7, 11) is 1.31. The molecule has 0 saturated carbocycles. The molecular formula is C19H17ClF3NO5. The third-order valence-corrected chi connectivity index (χ3v) is 4.68. The van der Waals surface area contributed by atoms with E-state index in [1.807, 2.05) is 0 Å². The lowest BCUT2D eigenvalue weighted by Gasteiger charge is -2.29. The molecule has 1 atom stereocenters. The number of esters is 1. The number of nitro groups is 1. The predicted octanol–water partition coefficient (Wildman–Crippen LogP) is 5.14. The monoisotopic (exact) mass is 431 g/mol. The van der Waals surface area contributed by atoms with Crippen molar-refractivity contribution in [1.82, 2.24) is 0 Å². The topological polar surface area (TPSA) is 78.7 Å². The molecule has 0 spiro atoms. The van der Waals surface area contributed by atoms with Crippen molar-refractivity contribution in [3.8, 4) is 5.75 Å². The molecule has 0 aliphatic heterocycles. The minimum atomic E-state index is -4.79. The Bertz CT molecular complexity index is 948. The molecule has 0 amide bonds. The highest BCUT2D eigenvalue weighted by atomic mass is 35.5. The van der Waals surface area contributed by atoms with Crippen LogP contribution in [-0.4, -0.2) is 24.6 Å². The van der Waals surface area contributed by atoms with E-state index in [4.69, 9.17) is 21.1 Å². The lowest BCUT2D eigenvalue weighted by molar-refractivity contribution is -0.386. The Labute approximate surface area is 169 Å². The van der Waals surface area contributed by atoms with Crippen LogP contribution < -0.4 is 4.74 Å². The maximum atomic E-state index is 13.1. The molecule has 0 bridgehead atoms. The van der Waals surface area contributed by atoms with Crippen molar-refractivity contribution < 1.29 is 32.4 Å². The van der Waals surface area contributed by atoms with Crippen molar-refractivity contribution in [3.63, 3.8) is 0 Å². The first kappa shape index (κ1) is 22.5. The van der Waals surface area contributed by atoms with Gasteiger partial charge in [0.2, 0.25) is 0 Å². The number of hydrogen-bond donors (Lipinski definition) is 0. The first-order valence-corrected chi connectivity index (χ1v) is 8.72. The summed E-state index contributed by atoms with van der Waals surface area (Å²) < 4.78 is 49.6. The number of benzene rings is 2. The first-order valence-electron chi connectivity index (χ1n) is 8.34. The standard InChI is InChI=1S/C19H17ClF3NO5/c1-4-29-17(25)18(2,14-8-6-12(20)10-16(14)28-3)13-7-5-11(19(21,22)23)9-15(13)24(26)27/h5-10H,4H2,1-3H3. The fourth-order valence-electron chi connectivity index (χ4n) is 3.00. The van der Waals surface area contributed by atoms with E-state index in [2.05, 4.69) is 0 Å². The van der Waals surface area contributed by atoms with Crippen LogP contribution in [0.2, 0.25) is 5.02 Å². The maximum Gasteiger partial charge on any atom is 0.416 e. The van der Waals surface area contributed by atoms with Gasteiger partial charge in [0.1, 0.15) is 11.2 Å². The second-order valence-electron chi connectivity index (χ2n) is 6.18. The number of alkyl halides is 3. The van der Waals surface area contributed by atoms with Gasteiger partial charge in [-0.3, -0.25) is 14.9 Å². The highest BCUT2D eigenvalue weighted by molar-refractivity contribution is 6.30. The largest absolute Gasteiger partial charge is 0.496 e. The van der Waals surface area contributed by atoms with E-state index in [1.54, 1.807) is 6.92 Å². The molecule has 156 valence electrons. The lowest BCUT2D eigenvalue weighted by atomic mass is 9.74. The molecule has 10 heteroatoms. The summed E-state index contributed by atoms with van der Waals surface area (Å²) in [5, 5.41) is 11.9. The van der Waals surface area contributed by atoms with E-state index < -0.39 is 33.7 Å². The minimum Gasteiger partial charge on any atom is -0.496 e. The number of carbonyl (C=O) groups excluding carboxylic acids is 1. The summed E-state index contributed by atoms with van der Waals surface area (Å²) in [6, 6.07) is 6.24. The van der Waals surface area contributed by atoms with E-state index in [1.165, 1.54) is 32.2 Å². The van der Waals surface area contributed by atoms with Gasteiger partial charge in [-0.25, -0.2) is 0 Å². The van der Waals surface area contributed by atoms with Crippen molar-refractivity contribution >= 4 is 23.3 Å². The van der Waals surface area contributed by atoms with Crippen LogP contribution in [0.1, 0.15) is 30.5 Å². The van der Waals surface area contributed by atoms with Crippen LogP contribution in [0.4, 0.5) is 18.9 Å². The van der Waals surface area contributed by atoms with Gasteiger partial charge in [-0.1, -0.05) is 23.7 Å². The van der Waals surface area contributed by atoms with E-state index >= 15 is 0 Å². The Morgan fingerprint density at radius 1 is 1.17 bits per heavy atom. The molecule has 0 fully saturated rings. The van der Waals surface area contributed by atoms with Gasteiger partial charge in [0.25, 0.3) is 5.69 Å². The number of methoxy groups -OCH3 is 1. The highest BCUT2D eigenvalue weighted by Gasteiger charge is 2.46. The van der Waals surface area contributed by atoms with Gasteiger partial charge >= 0.3 is 12.1 Å². The molecule has 0 radical (unpaired) electrons. The average molecular weight is 432 g/mol. The fraction of sp³-hybridized carbons (Fsp3) is 0.316. The number of nitro benzene ring substituents is 1. The summed E-state index contributed by atoms with van der Waals surface area (Å²) in [6.07, 6.45) is -4.79. The SMILES string of the molecule is CCOC(=O)C(C)(c1ccc(Cl)cc1OC)c1ccc(C(F)(F)F)cc1[N+](=O)[O-]. The van der Waals surface area contributed by atoms with E-state index in [0.717, 1.165) is 6.07 Å². The van der Waals surface area contributed by atoms with Crippen LogP contribution in [-0.2, 0) is 21.1 Å². The van der Waals surface area contributed by atoms with Crippen LogP contribution in [0.5, 0.6) is 5.75 Å². The molecule has 0 heterocycles. The predicted molar refractivity (Wildman–Crippen MR) is 99.2 cm³/mol. The average Bonchev–Trinajstić information content (AvgIpc) is 2.66. The molecular weight excluding hydrogens is 415 g/mol. The van der Waals surface area contributed by atoms with Crippen LogP contribution in [0.25, 0.3) is 0 Å². The molecule has 0 saturated heterocycles. The quantitative estimate of drug-likeness (QED) is 0.359. The third-order valence-electron chi connectivity index (χ3n) is 4.45. The fourth-order valence-corrected chi connectivity index (χ4v) is 3.16. The van der Waals surface area contributed by atoms with Crippen molar-refractivity contribution in [3.05, 3.63) is 68.2 Å². The van der Waals surface area contributed by atoms with E-state index in [0.29, 0.717) is 12.1 Å². The molecule has 6 nitrogen and oxygen atoms in total. The zero-order chi connectivity index (χ0) is 22.0. The number of ether oxygens (including phenoxy) is 2. The molecule has 2 rings (SSSR count). The second kappa shape index (κ2) is 8.28. The van der Waals surface area contributed by atoms with Gasteiger partial charge in [-0.2, -0.15) is 13.2 Å². The molecule has 1 unspecified atom stereocenters. The highest BCUT2D eigenvalue weighted by Crippen LogP contribution is 2.44. The number of halogens is 4. The normalized spacial score (nSPS) is 13.5. The van der Waals surface area contributed by atoms with Crippen LogP contribution in [0.3, 0.4) is 0 Å². The maximum absolute atomic E-state index is 13.1. The molecule has 29 heavy (non-hydrogen) atoms. The Kier molecular flexibility index (Phi) is 6.42. The lowest BCUT2D eigenvalue weighted by Crippen LogP contribution is -2.37. The van der Waals surface area contributed by atoms with E-state index in [9.17, 15) is 28.1 Å². The summed E-state index contributed by atoms with van der Waals surface area (Å²) in [5.41, 5.74) is -4.02. The summed E-state index contributed by atoms with van der Waals surface area (Å²) >= 11 is 5.96. The third kappa shape index (κ3) is 4.29. The minimum absolute atomic E-state index is 0.0429. The van der Waals surface area contributed by atoms with Crippen molar-refractivity contribution in [2.75, 3.05) is 13.7 Å². The Balaban J connectivity index is 2.88. The van der Waals surface area contributed by atoms with Crippen molar-refractivity contribution in [2.24, 2.45) is 0 Å². The van der Waals surface area contributed by atoms with Gasteiger partial charge < -0.3 is 9.47 Å². The smallest absolute Gasteiger partial charge is 0.416 e. The van der Waals surface area contributed by atoms with Crippen LogP contribution in [0.15, 0.2) is 36.4 Å². The van der Waals surface area contributed by atoms with Crippen LogP contribution >= 0.6 is 11.6 Å². The van der Waals surface area contributed by atoms with Gasteiger partial charge in [-0.15, -0.1) is 0 Å². The van der Waals surface area contributed by atoms with Crippen LogP contribution in [0, 0.1) is 10.1 Å². The number of hydrogen-bond acceptors (Lipinski definition) is 5. The summed E-state index contributed by atoms with van der Waals surface area (Å²) in [6.45, 7) is 2.82. The molecule has 0 N–H and O–H groups in total. The molecule has 2 aromatic rings. The van der Waals surface area contributed by atoms with Crippen molar-refractivity contribution in [1.29, 1.82) is 0 Å². The molecule has 2 aromatic carbocycles. The zero-order valence-electron chi connectivity index (χ0n) is 15.7. The number of nitrogens with zero attached hydrogens (tertiary/aromatic N) is 1. The number of rotatable bonds is 6. The molecule has 0 aromatic heterocycles. The Morgan fingerprint density at radius 2 is 1.79 bits per heavy atom.